The molecule has 0 saturated carbocycles. The van der Waals surface area contributed by atoms with Gasteiger partial charge in [0.1, 0.15) is 0 Å². The van der Waals surface area contributed by atoms with Crippen molar-refractivity contribution in [3.63, 3.8) is 0 Å². The van der Waals surface area contributed by atoms with Crippen LogP contribution in [0.1, 0.15) is 43.3 Å². The van der Waals surface area contributed by atoms with Gasteiger partial charge in [-0.1, -0.05) is 13.8 Å². The van der Waals surface area contributed by atoms with Crippen LogP contribution in [0.4, 0.5) is 0 Å². The van der Waals surface area contributed by atoms with E-state index in [1.807, 2.05) is 18.5 Å². The quantitative estimate of drug-likeness (QED) is 0.907. The van der Waals surface area contributed by atoms with Crippen molar-refractivity contribution in [1.29, 1.82) is 0 Å². The van der Waals surface area contributed by atoms with Gasteiger partial charge in [0.25, 0.3) is 0 Å². The molecule has 1 fully saturated rings. The van der Waals surface area contributed by atoms with Crippen molar-refractivity contribution in [2.75, 3.05) is 11.5 Å². The fourth-order valence-corrected chi connectivity index (χ4v) is 4.27. The molecule has 2 rings (SSSR count). The third-order valence-corrected chi connectivity index (χ3v) is 5.47. The fourth-order valence-electron chi connectivity index (χ4n) is 2.58. The van der Waals surface area contributed by atoms with Gasteiger partial charge in [-0.05, 0) is 20.3 Å². The third kappa shape index (κ3) is 3.17. The summed E-state index contributed by atoms with van der Waals surface area (Å²) >= 11 is 0. The molecule has 1 aliphatic rings. The van der Waals surface area contributed by atoms with Crippen LogP contribution >= 0.6 is 0 Å². The first-order chi connectivity index (χ1) is 8.80. The first-order valence-corrected chi connectivity index (χ1v) is 8.60. The minimum Gasteiger partial charge on any atom is -0.310 e. The highest BCUT2D eigenvalue weighted by Gasteiger charge is 2.31. The fraction of sp³-hybridized carbons (Fsp3) is 0.769. The lowest BCUT2D eigenvalue weighted by Gasteiger charge is -2.12. The van der Waals surface area contributed by atoms with Crippen molar-refractivity contribution < 1.29 is 8.42 Å². The Hall–Kier alpha value is -0.880. The van der Waals surface area contributed by atoms with E-state index >= 15 is 0 Å². The number of sulfone groups is 1. The molecule has 19 heavy (non-hydrogen) atoms. The summed E-state index contributed by atoms with van der Waals surface area (Å²) in [6.45, 7) is 9.03. The number of hydrogen-bond donors (Lipinski definition) is 1. The minimum atomic E-state index is -2.87. The van der Waals surface area contributed by atoms with Crippen LogP contribution in [0.2, 0.25) is 0 Å². The summed E-state index contributed by atoms with van der Waals surface area (Å²) in [4.78, 5) is 0. The summed E-state index contributed by atoms with van der Waals surface area (Å²) in [7, 11) is -2.87. The summed E-state index contributed by atoms with van der Waals surface area (Å²) in [5, 5.41) is 7.94. The van der Waals surface area contributed by atoms with Gasteiger partial charge in [0.2, 0.25) is 0 Å². The highest BCUT2D eigenvalue weighted by molar-refractivity contribution is 7.91. The van der Waals surface area contributed by atoms with Crippen LogP contribution in [-0.4, -0.2) is 35.7 Å². The van der Waals surface area contributed by atoms with E-state index in [4.69, 9.17) is 0 Å². The van der Waals surface area contributed by atoms with Gasteiger partial charge >= 0.3 is 0 Å². The van der Waals surface area contributed by atoms with Crippen LogP contribution in [-0.2, 0) is 16.4 Å². The summed E-state index contributed by atoms with van der Waals surface area (Å²) in [5.41, 5.74) is 3.28. The lowest BCUT2D eigenvalue weighted by Crippen LogP contribution is -2.22. The van der Waals surface area contributed by atoms with E-state index in [1.54, 1.807) is 0 Å². The molecule has 1 aromatic rings. The van der Waals surface area contributed by atoms with Gasteiger partial charge in [0, 0.05) is 23.8 Å². The smallest absolute Gasteiger partial charge is 0.152 e. The van der Waals surface area contributed by atoms with Gasteiger partial charge in [-0.15, -0.1) is 0 Å². The lowest BCUT2D eigenvalue weighted by atomic mass is 10.1. The van der Waals surface area contributed by atoms with Crippen molar-refractivity contribution in [3.8, 4) is 0 Å². The van der Waals surface area contributed by atoms with E-state index < -0.39 is 9.84 Å². The second-order valence-electron chi connectivity index (χ2n) is 5.69. The SMILES string of the molecule is Cc1nn(C2CCS(=O)(=O)C2)c(C)c1CNC(C)C. The average molecular weight is 285 g/mol. The van der Waals surface area contributed by atoms with Gasteiger partial charge in [0.15, 0.2) is 9.84 Å². The second kappa shape index (κ2) is 5.25. The van der Waals surface area contributed by atoms with E-state index in [-0.39, 0.29) is 17.5 Å². The van der Waals surface area contributed by atoms with Crippen molar-refractivity contribution >= 4 is 9.84 Å². The van der Waals surface area contributed by atoms with Gasteiger partial charge in [-0.2, -0.15) is 5.10 Å². The molecule has 0 amide bonds. The molecule has 2 heterocycles. The molecule has 1 unspecified atom stereocenters. The second-order valence-corrected chi connectivity index (χ2v) is 7.92. The van der Waals surface area contributed by atoms with Crippen LogP contribution in [0.3, 0.4) is 0 Å². The number of aromatic nitrogens is 2. The Balaban J connectivity index is 2.22. The van der Waals surface area contributed by atoms with E-state index in [1.165, 1.54) is 5.56 Å². The van der Waals surface area contributed by atoms with Crippen LogP contribution < -0.4 is 5.32 Å². The molecule has 5 nitrogen and oxygen atoms in total. The molecule has 1 aromatic heterocycles. The summed E-state index contributed by atoms with van der Waals surface area (Å²) in [6, 6.07) is 0.436. The first kappa shape index (κ1) is 14.5. The summed E-state index contributed by atoms with van der Waals surface area (Å²) < 4.78 is 25.1. The largest absolute Gasteiger partial charge is 0.310 e. The molecule has 0 bridgehead atoms. The van der Waals surface area contributed by atoms with Crippen molar-refractivity contribution in [3.05, 3.63) is 17.0 Å². The predicted molar refractivity (Wildman–Crippen MR) is 76.0 cm³/mol. The number of rotatable bonds is 4. The zero-order valence-electron chi connectivity index (χ0n) is 12.1. The maximum Gasteiger partial charge on any atom is 0.152 e. The Morgan fingerprint density at radius 3 is 2.63 bits per heavy atom. The molecule has 1 aliphatic heterocycles. The van der Waals surface area contributed by atoms with Crippen LogP contribution in [0.5, 0.6) is 0 Å². The molecule has 1 atom stereocenters. The normalized spacial score (nSPS) is 22.3. The number of aryl methyl sites for hydroxylation is 1. The number of nitrogens with one attached hydrogen (secondary N) is 1. The topological polar surface area (TPSA) is 64.0 Å². The number of hydrogen-bond acceptors (Lipinski definition) is 4. The molecule has 108 valence electrons. The first-order valence-electron chi connectivity index (χ1n) is 6.78. The molecule has 6 heteroatoms. The number of nitrogens with zero attached hydrogens (tertiary/aromatic N) is 2. The molecule has 0 spiro atoms. The van der Waals surface area contributed by atoms with E-state index in [0.29, 0.717) is 12.5 Å². The van der Waals surface area contributed by atoms with Gasteiger partial charge in [0.05, 0.1) is 23.2 Å². The van der Waals surface area contributed by atoms with Crippen molar-refractivity contribution in [2.45, 2.75) is 52.7 Å². The lowest BCUT2D eigenvalue weighted by molar-refractivity contribution is 0.484. The Labute approximate surface area is 115 Å². The predicted octanol–water partition coefficient (Wildman–Crippen LogP) is 1.36. The molecular formula is C13H23N3O2S. The Morgan fingerprint density at radius 1 is 1.42 bits per heavy atom. The third-order valence-electron chi connectivity index (χ3n) is 3.72. The molecule has 0 aromatic carbocycles. The average Bonchev–Trinajstić information content (AvgIpc) is 2.77. The molecule has 0 radical (unpaired) electrons. The molecule has 1 saturated heterocycles. The van der Waals surface area contributed by atoms with E-state index in [2.05, 4.69) is 24.3 Å². The zero-order valence-corrected chi connectivity index (χ0v) is 12.9. The highest BCUT2D eigenvalue weighted by atomic mass is 32.2. The molecule has 0 aliphatic carbocycles. The van der Waals surface area contributed by atoms with Gasteiger partial charge in [-0.3, -0.25) is 4.68 Å². The van der Waals surface area contributed by atoms with E-state index in [9.17, 15) is 8.42 Å². The molecule has 1 N–H and O–H groups in total. The Kier molecular flexibility index (Phi) is 4.01. The summed E-state index contributed by atoms with van der Waals surface area (Å²) in [6.07, 6.45) is 0.682. The van der Waals surface area contributed by atoms with Gasteiger partial charge < -0.3 is 5.32 Å². The van der Waals surface area contributed by atoms with Crippen molar-refractivity contribution in [2.24, 2.45) is 0 Å². The van der Waals surface area contributed by atoms with E-state index in [0.717, 1.165) is 17.9 Å². The standard InChI is InChI=1S/C13H23N3O2S/c1-9(2)14-7-13-10(3)15-16(11(13)4)12-5-6-19(17,18)8-12/h9,12,14H,5-8H2,1-4H3. The minimum absolute atomic E-state index is 0.0106. The Bertz CT molecular complexity index is 561. The summed E-state index contributed by atoms with van der Waals surface area (Å²) in [5.74, 6) is 0.515. The molecular weight excluding hydrogens is 262 g/mol. The van der Waals surface area contributed by atoms with Crippen molar-refractivity contribution in [1.82, 2.24) is 15.1 Å². The van der Waals surface area contributed by atoms with Crippen LogP contribution in [0.15, 0.2) is 0 Å². The van der Waals surface area contributed by atoms with Crippen LogP contribution in [0.25, 0.3) is 0 Å². The maximum atomic E-state index is 11.6. The Morgan fingerprint density at radius 2 is 2.11 bits per heavy atom. The maximum absolute atomic E-state index is 11.6. The van der Waals surface area contributed by atoms with Crippen LogP contribution in [0, 0.1) is 13.8 Å². The highest BCUT2D eigenvalue weighted by Crippen LogP contribution is 2.26. The zero-order chi connectivity index (χ0) is 14.2. The monoisotopic (exact) mass is 285 g/mol. The van der Waals surface area contributed by atoms with Gasteiger partial charge in [-0.25, -0.2) is 8.42 Å².